The van der Waals surface area contributed by atoms with Crippen molar-refractivity contribution >= 4 is 29.5 Å². The Balaban J connectivity index is 2.00. The summed E-state index contributed by atoms with van der Waals surface area (Å²) in [5.74, 6) is 1.12. The molecule has 0 aliphatic rings. The van der Waals surface area contributed by atoms with Crippen molar-refractivity contribution in [3.8, 4) is 11.5 Å². The highest BCUT2D eigenvalue weighted by molar-refractivity contribution is 6.30. The Labute approximate surface area is 139 Å². The highest BCUT2D eigenvalue weighted by Crippen LogP contribution is 2.29. The summed E-state index contributed by atoms with van der Waals surface area (Å²) in [5.41, 5.74) is 3.62. The quantitative estimate of drug-likeness (QED) is 0.649. The zero-order valence-corrected chi connectivity index (χ0v) is 13.4. The number of carbonyl (C=O) groups excluding carboxylic acids is 1. The van der Waals surface area contributed by atoms with Crippen molar-refractivity contribution in [3.63, 3.8) is 0 Å². The molecule has 2 N–H and O–H groups in total. The molecule has 0 radical (unpaired) electrons. The number of methoxy groups -OCH3 is 2. The van der Waals surface area contributed by atoms with E-state index in [0.717, 1.165) is 0 Å². The molecule has 2 amide bonds. The summed E-state index contributed by atoms with van der Waals surface area (Å²) in [7, 11) is 3.09. The van der Waals surface area contributed by atoms with E-state index in [2.05, 4.69) is 15.8 Å². The van der Waals surface area contributed by atoms with E-state index in [1.165, 1.54) is 13.3 Å². The number of urea groups is 1. The lowest BCUT2D eigenvalue weighted by atomic mass is 10.2. The third-order valence-corrected chi connectivity index (χ3v) is 3.12. The number of halogens is 1. The van der Waals surface area contributed by atoms with Crippen LogP contribution >= 0.6 is 11.6 Å². The van der Waals surface area contributed by atoms with Gasteiger partial charge >= 0.3 is 6.03 Å². The third-order valence-electron chi connectivity index (χ3n) is 2.89. The van der Waals surface area contributed by atoms with Gasteiger partial charge < -0.3 is 14.8 Å². The Morgan fingerprint density at radius 1 is 1.17 bits per heavy atom. The van der Waals surface area contributed by atoms with Crippen LogP contribution in [0.15, 0.2) is 47.6 Å². The van der Waals surface area contributed by atoms with Gasteiger partial charge in [0.15, 0.2) is 11.5 Å². The molecule has 0 heterocycles. The lowest BCUT2D eigenvalue weighted by Crippen LogP contribution is -2.24. The number of carbonyl (C=O) groups is 1. The van der Waals surface area contributed by atoms with Gasteiger partial charge in [-0.15, -0.1) is 0 Å². The number of benzene rings is 2. The van der Waals surface area contributed by atoms with Crippen LogP contribution in [0, 0.1) is 0 Å². The molecule has 0 unspecified atom stereocenters. The molecule has 0 aliphatic heterocycles. The van der Waals surface area contributed by atoms with E-state index in [4.69, 9.17) is 21.1 Å². The van der Waals surface area contributed by atoms with Gasteiger partial charge in [0.25, 0.3) is 0 Å². The van der Waals surface area contributed by atoms with Gasteiger partial charge in [0, 0.05) is 16.3 Å². The van der Waals surface area contributed by atoms with Gasteiger partial charge in [0.1, 0.15) is 0 Å². The monoisotopic (exact) mass is 333 g/mol. The van der Waals surface area contributed by atoms with Gasteiger partial charge in [-0.3, -0.25) is 0 Å². The average molecular weight is 334 g/mol. The number of nitrogens with one attached hydrogen (secondary N) is 2. The second-order valence-electron chi connectivity index (χ2n) is 4.42. The Kier molecular flexibility index (Phi) is 5.82. The number of nitrogens with zero attached hydrogens (tertiary/aromatic N) is 1. The molecule has 6 nitrogen and oxygen atoms in total. The number of rotatable bonds is 5. The summed E-state index contributed by atoms with van der Waals surface area (Å²) in [5, 5.41) is 7.04. The summed E-state index contributed by atoms with van der Waals surface area (Å²) < 4.78 is 10.5. The first-order chi connectivity index (χ1) is 11.1. The van der Waals surface area contributed by atoms with Gasteiger partial charge in [0.05, 0.1) is 20.4 Å². The second kappa shape index (κ2) is 8.05. The maximum Gasteiger partial charge on any atom is 0.339 e. The Bertz CT molecular complexity index is 719. The van der Waals surface area contributed by atoms with Crippen LogP contribution in [0.1, 0.15) is 5.56 Å². The molecule has 0 aromatic heterocycles. The minimum atomic E-state index is -0.481. The predicted molar refractivity (Wildman–Crippen MR) is 90.7 cm³/mol. The van der Waals surface area contributed by atoms with E-state index in [1.54, 1.807) is 49.6 Å². The van der Waals surface area contributed by atoms with Crippen LogP contribution in [0.25, 0.3) is 0 Å². The number of hydrogen-bond donors (Lipinski definition) is 2. The number of amides is 2. The van der Waals surface area contributed by atoms with Crippen LogP contribution in [0.2, 0.25) is 5.02 Å². The number of ether oxygens (including phenoxy) is 2. The summed E-state index contributed by atoms with van der Waals surface area (Å²) >= 11 is 5.85. The standard InChI is InChI=1S/C16H16ClN3O3/c1-22-14-8-3-5-11(15(14)23-2)10-18-20-16(21)19-13-7-4-6-12(17)9-13/h3-10H,1-2H3,(H2,19,20,21)/b18-10-. The van der Waals surface area contributed by atoms with Crippen molar-refractivity contribution in [1.29, 1.82) is 0 Å². The number of anilines is 1. The molecular formula is C16H16ClN3O3. The first-order valence-electron chi connectivity index (χ1n) is 6.70. The van der Waals surface area contributed by atoms with E-state index in [-0.39, 0.29) is 0 Å². The molecule has 0 fully saturated rings. The van der Waals surface area contributed by atoms with Crippen molar-refractivity contribution in [1.82, 2.24) is 5.43 Å². The topological polar surface area (TPSA) is 72.0 Å². The molecule has 0 saturated carbocycles. The van der Waals surface area contributed by atoms with Crippen LogP contribution in [0.3, 0.4) is 0 Å². The van der Waals surface area contributed by atoms with Crippen molar-refractivity contribution in [2.45, 2.75) is 0 Å². The van der Waals surface area contributed by atoms with Gasteiger partial charge in [-0.05, 0) is 30.3 Å². The Morgan fingerprint density at radius 3 is 2.65 bits per heavy atom. The molecule has 2 rings (SSSR count). The number of hydrazone groups is 1. The van der Waals surface area contributed by atoms with Crippen LogP contribution in [-0.2, 0) is 0 Å². The lowest BCUT2D eigenvalue weighted by molar-refractivity contribution is 0.252. The predicted octanol–water partition coefficient (Wildman–Crippen LogP) is 3.51. The molecule has 0 spiro atoms. The molecular weight excluding hydrogens is 318 g/mol. The SMILES string of the molecule is COc1cccc(/C=N\NC(=O)Nc2cccc(Cl)c2)c1OC. The first-order valence-corrected chi connectivity index (χ1v) is 7.08. The van der Waals surface area contributed by atoms with Gasteiger partial charge in [-0.2, -0.15) is 5.10 Å². The maximum absolute atomic E-state index is 11.8. The smallest absolute Gasteiger partial charge is 0.339 e. The summed E-state index contributed by atoms with van der Waals surface area (Å²) in [4.78, 5) is 11.8. The van der Waals surface area contributed by atoms with Crippen LogP contribution < -0.4 is 20.2 Å². The average Bonchev–Trinajstić information content (AvgIpc) is 2.54. The van der Waals surface area contributed by atoms with Gasteiger partial charge in [-0.25, -0.2) is 10.2 Å². The normalized spacial score (nSPS) is 10.4. The molecule has 7 heteroatoms. The maximum atomic E-state index is 11.8. The highest BCUT2D eigenvalue weighted by atomic mass is 35.5. The van der Waals surface area contributed by atoms with E-state index in [0.29, 0.717) is 27.8 Å². The summed E-state index contributed by atoms with van der Waals surface area (Å²) in [6.07, 6.45) is 1.47. The summed E-state index contributed by atoms with van der Waals surface area (Å²) in [6, 6.07) is 11.7. The molecule has 0 atom stereocenters. The number of hydrogen-bond acceptors (Lipinski definition) is 4. The Hall–Kier alpha value is -2.73. The van der Waals surface area contributed by atoms with E-state index in [1.807, 2.05) is 0 Å². The molecule has 23 heavy (non-hydrogen) atoms. The molecule has 2 aromatic rings. The van der Waals surface area contributed by atoms with E-state index < -0.39 is 6.03 Å². The van der Waals surface area contributed by atoms with Crippen LogP contribution in [-0.4, -0.2) is 26.5 Å². The number of para-hydroxylation sites is 1. The Morgan fingerprint density at radius 2 is 1.96 bits per heavy atom. The largest absolute Gasteiger partial charge is 0.493 e. The molecule has 0 aliphatic carbocycles. The zero-order chi connectivity index (χ0) is 16.7. The van der Waals surface area contributed by atoms with E-state index in [9.17, 15) is 4.79 Å². The first kappa shape index (κ1) is 16.6. The van der Waals surface area contributed by atoms with Gasteiger partial charge in [-0.1, -0.05) is 23.7 Å². The molecule has 0 saturated heterocycles. The van der Waals surface area contributed by atoms with Crippen molar-refractivity contribution < 1.29 is 14.3 Å². The van der Waals surface area contributed by atoms with E-state index >= 15 is 0 Å². The van der Waals surface area contributed by atoms with Crippen LogP contribution in [0.5, 0.6) is 11.5 Å². The second-order valence-corrected chi connectivity index (χ2v) is 4.85. The van der Waals surface area contributed by atoms with Crippen molar-refractivity contribution in [2.24, 2.45) is 5.10 Å². The van der Waals surface area contributed by atoms with Crippen molar-refractivity contribution in [2.75, 3.05) is 19.5 Å². The minimum Gasteiger partial charge on any atom is -0.493 e. The van der Waals surface area contributed by atoms with Crippen molar-refractivity contribution in [3.05, 3.63) is 53.1 Å². The molecule has 120 valence electrons. The zero-order valence-electron chi connectivity index (χ0n) is 12.7. The van der Waals surface area contributed by atoms with Gasteiger partial charge in [0.2, 0.25) is 0 Å². The fraction of sp³-hybridized carbons (Fsp3) is 0.125. The third kappa shape index (κ3) is 4.62. The molecule has 0 bridgehead atoms. The molecule has 2 aromatic carbocycles. The van der Waals surface area contributed by atoms with Crippen LogP contribution in [0.4, 0.5) is 10.5 Å². The minimum absolute atomic E-state index is 0.481. The fourth-order valence-electron chi connectivity index (χ4n) is 1.90. The highest BCUT2D eigenvalue weighted by Gasteiger charge is 2.07. The lowest BCUT2D eigenvalue weighted by Gasteiger charge is -2.09. The summed E-state index contributed by atoms with van der Waals surface area (Å²) in [6.45, 7) is 0. The fourth-order valence-corrected chi connectivity index (χ4v) is 2.09.